The smallest absolute Gasteiger partial charge is 0.355 e. The number of hydrogen-bond donors (Lipinski definition) is 1. The van der Waals surface area contributed by atoms with E-state index in [0.717, 1.165) is 5.57 Å². The van der Waals surface area contributed by atoms with Crippen molar-refractivity contribution in [3.63, 3.8) is 0 Å². The second kappa shape index (κ2) is 7.59. The van der Waals surface area contributed by atoms with Crippen molar-refractivity contribution < 1.29 is 23.9 Å². The third-order valence-corrected chi connectivity index (χ3v) is 2.95. The predicted octanol–water partition coefficient (Wildman–Crippen LogP) is 2.50. The number of carbonyl (C=O) groups excluding carboxylic acids is 3. The molecule has 6 nitrogen and oxygen atoms in total. The number of ether oxygens (including phenoxy) is 2. The summed E-state index contributed by atoms with van der Waals surface area (Å²) < 4.78 is 9.83. The van der Waals surface area contributed by atoms with E-state index in [1.54, 1.807) is 34.6 Å². The lowest BCUT2D eigenvalue weighted by atomic mass is 10.1. The van der Waals surface area contributed by atoms with Crippen molar-refractivity contribution in [1.29, 1.82) is 0 Å². The van der Waals surface area contributed by atoms with Gasteiger partial charge in [-0.2, -0.15) is 0 Å². The van der Waals surface area contributed by atoms with Crippen LogP contribution in [0.2, 0.25) is 0 Å². The Bertz CT molecular complexity index is 621. The zero-order chi connectivity index (χ0) is 16.9. The van der Waals surface area contributed by atoms with Crippen molar-refractivity contribution in [2.45, 2.75) is 34.6 Å². The van der Waals surface area contributed by atoms with Crippen molar-refractivity contribution >= 4 is 17.7 Å². The van der Waals surface area contributed by atoms with E-state index in [9.17, 15) is 14.4 Å². The van der Waals surface area contributed by atoms with Crippen LogP contribution in [0.1, 0.15) is 52.9 Å². The standard InChI is InChI=1S/C16H21NO5/c1-6-21-16(20)15-10(4)14(11(5)17-15)12(18)8-22-13(19)7-9(2)3/h7,17H,6,8H2,1-5H3. The number of hydrogen-bond acceptors (Lipinski definition) is 5. The Labute approximate surface area is 129 Å². The van der Waals surface area contributed by atoms with E-state index >= 15 is 0 Å². The summed E-state index contributed by atoms with van der Waals surface area (Å²) >= 11 is 0. The molecule has 0 aliphatic rings. The van der Waals surface area contributed by atoms with Crippen LogP contribution in [0.15, 0.2) is 11.6 Å². The van der Waals surface area contributed by atoms with E-state index in [1.165, 1.54) is 6.08 Å². The first-order valence-corrected chi connectivity index (χ1v) is 6.99. The molecule has 22 heavy (non-hydrogen) atoms. The summed E-state index contributed by atoms with van der Waals surface area (Å²) in [6.07, 6.45) is 1.31. The molecule has 1 heterocycles. The molecule has 6 heteroatoms. The third kappa shape index (κ3) is 4.31. The number of aromatic amines is 1. The van der Waals surface area contributed by atoms with Crippen LogP contribution >= 0.6 is 0 Å². The maximum atomic E-state index is 12.2. The van der Waals surface area contributed by atoms with Crippen molar-refractivity contribution in [3.8, 4) is 0 Å². The number of esters is 2. The molecule has 0 fully saturated rings. The highest BCUT2D eigenvalue weighted by atomic mass is 16.5. The molecule has 0 aliphatic heterocycles. The maximum Gasteiger partial charge on any atom is 0.355 e. The Morgan fingerprint density at radius 1 is 1.14 bits per heavy atom. The lowest BCUT2D eigenvalue weighted by Gasteiger charge is -2.04. The molecule has 0 aromatic carbocycles. The van der Waals surface area contributed by atoms with Gasteiger partial charge in [0.1, 0.15) is 5.69 Å². The SMILES string of the molecule is CCOC(=O)c1[nH]c(C)c(C(=O)COC(=O)C=C(C)C)c1C. The number of aryl methyl sites for hydroxylation is 1. The minimum absolute atomic E-state index is 0.248. The Kier molecular flexibility index (Phi) is 6.10. The summed E-state index contributed by atoms with van der Waals surface area (Å²) in [7, 11) is 0. The average molecular weight is 307 g/mol. The molecule has 0 saturated heterocycles. The van der Waals surface area contributed by atoms with Gasteiger partial charge in [-0.05, 0) is 40.2 Å². The van der Waals surface area contributed by atoms with Crippen LogP contribution < -0.4 is 0 Å². The van der Waals surface area contributed by atoms with E-state index in [-0.39, 0.29) is 24.7 Å². The maximum absolute atomic E-state index is 12.2. The van der Waals surface area contributed by atoms with Crippen LogP contribution in [-0.2, 0) is 14.3 Å². The number of aromatic nitrogens is 1. The van der Waals surface area contributed by atoms with E-state index in [4.69, 9.17) is 9.47 Å². The molecular weight excluding hydrogens is 286 g/mol. The molecule has 1 aromatic heterocycles. The summed E-state index contributed by atoms with van der Waals surface area (Å²) in [5.74, 6) is -1.44. The molecule has 1 aromatic rings. The second-order valence-electron chi connectivity index (χ2n) is 5.10. The Balaban J connectivity index is 2.88. The van der Waals surface area contributed by atoms with Gasteiger partial charge in [0.2, 0.25) is 5.78 Å². The summed E-state index contributed by atoms with van der Waals surface area (Å²) in [6, 6.07) is 0. The van der Waals surface area contributed by atoms with Gasteiger partial charge in [-0.25, -0.2) is 9.59 Å². The largest absolute Gasteiger partial charge is 0.461 e. The summed E-state index contributed by atoms with van der Waals surface area (Å²) in [6.45, 7) is 8.44. The van der Waals surface area contributed by atoms with Crippen LogP contribution in [0.4, 0.5) is 0 Å². The molecule has 120 valence electrons. The van der Waals surface area contributed by atoms with Crippen LogP contribution in [0.25, 0.3) is 0 Å². The first-order chi connectivity index (χ1) is 10.3. The minimum Gasteiger partial charge on any atom is -0.461 e. The third-order valence-electron chi connectivity index (χ3n) is 2.95. The van der Waals surface area contributed by atoms with E-state index in [1.807, 2.05) is 0 Å². The molecule has 0 saturated carbocycles. The first-order valence-electron chi connectivity index (χ1n) is 6.99. The Morgan fingerprint density at radius 2 is 1.77 bits per heavy atom. The van der Waals surface area contributed by atoms with Gasteiger partial charge in [-0.1, -0.05) is 5.57 Å². The summed E-state index contributed by atoms with van der Waals surface area (Å²) in [5, 5.41) is 0. The highest BCUT2D eigenvalue weighted by Crippen LogP contribution is 2.19. The first kappa shape index (κ1) is 17.7. The van der Waals surface area contributed by atoms with Gasteiger partial charge >= 0.3 is 11.9 Å². The zero-order valence-electron chi connectivity index (χ0n) is 13.5. The summed E-state index contributed by atoms with van der Waals surface area (Å²) in [5.41, 5.74) is 2.44. The van der Waals surface area contributed by atoms with Crippen LogP contribution in [0.5, 0.6) is 0 Å². The monoisotopic (exact) mass is 307 g/mol. The number of allylic oxidation sites excluding steroid dienone is 1. The quantitative estimate of drug-likeness (QED) is 0.496. The molecule has 0 radical (unpaired) electrons. The molecule has 0 amide bonds. The number of ketones is 1. The zero-order valence-corrected chi connectivity index (χ0v) is 13.5. The van der Waals surface area contributed by atoms with Gasteiger partial charge in [-0.15, -0.1) is 0 Å². The van der Waals surface area contributed by atoms with Crippen LogP contribution in [0, 0.1) is 13.8 Å². The van der Waals surface area contributed by atoms with Gasteiger partial charge in [0.05, 0.1) is 6.61 Å². The Hall–Kier alpha value is -2.37. The molecule has 0 aliphatic carbocycles. The molecular formula is C16H21NO5. The lowest BCUT2D eigenvalue weighted by Crippen LogP contribution is -2.14. The van der Waals surface area contributed by atoms with Gasteiger partial charge in [0.15, 0.2) is 6.61 Å². The number of Topliss-reactive ketones (excluding diaryl/α,β-unsaturated/α-hetero) is 1. The fourth-order valence-corrected chi connectivity index (χ4v) is 2.06. The predicted molar refractivity (Wildman–Crippen MR) is 80.9 cm³/mol. The van der Waals surface area contributed by atoms with Gasteiger partial charge in [-0.3, -0.25) is 4.79 Å². The van der Waals surface area contributed by atoms with Gasteiger partial charge in [0, 0.05) is 17.3 Å². The summed E-state index contributed by atoms with van der Waals surface area (Å²) in [4.78, 5) is 38.3. The van der Waals surface area contributed by atoms with E-state index in [0.29, 0.717) is 16.8 Å². The topological polar surface area (TPSA) is 85.5 Å². The fourth-order valence-electron chi connectivity index (χ4n) is 2.06. The molecule has 1 N–H and O–H groups in total. The van der Waals surface area contributed by atoms with Crippen LogP contribution in [-0.4, -0.2) is 35.9 Å². The normalized spacial score (nSPS) is 10.0. The van der Waals surface area contributed by atoms with Crippen LogP contribution in [0.3, 0.4) is 0 Å². The highest BCUT2D eigenvalue weighted by Gasteiger charge is 2.23. The van der Waals surface area contributed by atoms with Gasteiger partial charge < -0.3 is 14.5 Å². The molecule has 0 atom stereocenters. The van der Waals surface area contributed by atoms with Gasteiger partial charge in [0.25, 0.3) is 0 Å². The van der Waals surface area contributed by atoms with E-state index in [2.05, 4.69) is 4.98 Å². The number of H-pyrrole nitrogens is 1. The highest BCUT2D eigenvalue weighted by molar-refractivity contribution is 6.03. The van der Waals surface area contributed by atoms with Crippen molar-refractivity contribution in [3.05, 3.63) is 34.2 Å². The number of carbonyl (C=O) groups is 3. The Morgan fingerprint density at radius 3 is 2.32 bits per heavy atom. The van der Waals surface area contributed by atoms with Crippen molar-refractivity contribution in [1.82, 2.24) is 4.98 Å². The average Bonchev–Trinajstić information content (AvgIpc) is 2.71. The van der Waals surface area contributed by atoms with Crippen molar-refractivity contribution in [2.75, 3.05) is 13.2 Å². The minimum atomic E-state index is -0.565. The van der Waals surface area contributed by atoms with Crippen molar-refractivity contribution in [2.24, 2.45) is 0 Å². The number of rotatable bonds is 6. The van der Waals surface area contributed by atoms with E-state index < -0.39 is 11.9 Å². The molecule has 0 spiro atoms. The number of nitrogens with one attached hydrogen (secondary N) is 1. The second-order valence-corrected chi connectivity index (χ2v) is 5.10. The molecule has 1 rings (SSSR count). The molecule has 0 unspecified atom stereocenters. The fraction of sp³-hybridized carbons (Fsp3) is 0.438. The molecule has 0 bridgehead atoms. The lowest BCUT2D eigenvalue weighted by molar-refractivity contribution is -0.136.